The van der Waals surface area contributed by atoms with Gasteiger partial charge < -0.3 is 20.1 Å². The third-order valence-corrected chi connectivity index (χ3v) is 11.1. The van der Waals surface area contributed by atoms with Gasteiger partial charge in [0.2, 0.25) is 5.91 Å². The van der Waals surface area contributed by atoms with E-state index >= 15 is 0 Å². The molecule has 0 aromatic carbocycles. The number of carbonyl (C=O) groups excluding carboxylic acids is 2. The van der Waals surface area contributed by atoms with E-state index in [4.69, 9.17) is 13.8 Å². The summed E-state index contributed by atoms with van der Waals surface area (Å²) in [5.74, 6) is -0.539. The van der Waals surface area contributed by atoms with Crippen molar-refractivity contribution in [3.05, 3.63) is 72.9 Å². The number of amides is 1. The average molecular weight is 876 g/mol. The maximum Gasteiger partial charge on any atom is 0.472 e. The SMILES string of the molecule is CC/C=C\C/C=C\C/C=C\C/C=C\C/C=C\CCCCCCCC(=O)OCC(O)COP(=O)(O)OCCNC(=O)CCCCCCCCCCC/C=C/CCCCCCCC. The number of aliphatic hydroxyl groups is 1. The zero-order valence-corrected chi connectivity index (χ0v) is 39.7. The maximum atomic E-state index is 12.1. The molecule has 0 aliphatic heterocycles. The Hall–Kier alpha value is -2.55. The molecular formula is C51H90NO8P. The summed E-state index contributed by atoms with van der Waals surface area (Å²) in [5, 5.41) is 12.7. The molecule has 9 nitrogen and oxygen atoms in total. The van der Waals surface area contributed by atoms with Gasteiger partial charge in [-0.3, -0.25) is 18.6 Å². The second-order valence-corrected chi connectivity index (χ2v) is 17.5. The first kappa shape index (κ1) is 58.5. The molecule has 10 heteroatoms. The Bertz CT molecular complexity index is 1230. The number of carbonyl (C=O) groups is 2. The summed E-state index contributed by atoms with van der Waals surface area (Å²) in [6, 6.07) is 0. The second kappa shape index (κ2) is 46.9. The number of allylic oxidation sites excluding steroid dienone is 12. The predicted octanol–water partition coefficient (Wildman–Crippen LogP) is 14.2. The first-order valence-electron chi connectivity index (χ1n) is 24.4. The Balaban J connectivity index is 3.62. The Morgan fingerprint density at radius 3 is 1.43 bits per heavy atom. The van der Waals surface area contributed by atoms with Crippen molar-refractivity contribution >= 4 is 19.7 Å². The summed E-state index contributed by atoms with van der Waals surface area (Å²) in [7, 11) is -4.43. The molecule has 1 amide bonds. The minimum absolute atomic E-state index is 0.0755. The van der Waals surface area contributed by atoms with Crippen LogP contribution in [0, 0.1) is 0 Å². The van der Waals surface area contributed by atoms with Crippen molar-refractivity contribution < 1.29 is 37.9 Å². The topological polar surface area (TPSA) is 131 Å². The van der Waals surface area contributed by atoms with Crippen LogP contribution >= 0.6 is 7.82 Å². The van der Waals surface area contributed by atoms with Crippen molar-refractivity contribution in [1.29, 1.82) is 0 Å². The molecule has 0 heterocycles. The second-order valence-electron chi connectivity index (χ2n) is 16.0. The molecule has 0 radical (unpaired) electrons. The minimum atomic E-state index is -4.43. The predicted molar refractivity (Wildman–Crippen MR) is 256 cm³/mol. The summed E-state index contributed by atoms with van der Waals surface area (Å²) in [4.78, 5) is 34.0. The van der Waals surface area contributed by atoms with Crippen molar-refractivity contribution in [2.45, 2.75) is 213 Å². The van der Waals surface area contributed by atoms with E-state index in [0.717, 1.165) is 83.5 Å². The molecule has 0 rings (SSSR count). The number of phosphoric acid groups is 1. The molecule has 0 fully saturated rings. The van der Waals surface area contributed by atoms with Gasteiger partial charge >= 0.3 is 13.8 Å². The van der Waals surface area contributed by atoms with Crippen molar-refractivity contribution in [3.63, 3.8) is 0 Å². The van der Waals surface area contributed by atoms with Crippen molar-refractivity contribution in [1.82, 2.24) is 5.32 Å². The number of unbranched alkanes of at least 4 members (excludes halogenated alkanes) is 20. The van der Waals surface area contributed by atoms with Crippen LogP contribution in [0.15, 0.2) is 72.9 Å². The van der Waals surface area contributed by atoms with Gasteiger partial charge in [0.05, 0.1) is 13.2 Å². The monoisotopic (exact) mass is 876 g/mol. The van der Waals surface area contributed by atoms with Gasteiger partial charge in [-0.15, -0.1) is 0 Å². The van der Waals surface area contributed by atoms with Crippen molar-refractivity contribution in [2.24, 2.45) is 0 Å². The van der Waals surface area contributed by atoms with Gasteiger partial charge in [0.15, 0.2) is 0 Å². The fourth-order valence-electron chi connectivity index (χ4n) is 6.46. The number of ether oxygens (including phenoxy) is 1. The van der Waals surface area contributed by atoms with Crippen LogP contribution in [0.25, 0.3) is 0 Å². The first-order chi connectivity index (χ1) is 29.8. The Labute approximate surface area is 373 Å². The number of esters is 1. The van der Waals surface area contributed by atoms with Crippen LogP contribution in [0.2, 0.25) is 0 Å². The van der Waals surface area contributed by atoms with E-state index in [1.807, 2.05) is 0 Å². The number of nitrogens with one attached hydrogen (secondary N) is 1. The van der Waals surface area contributed by atoms with E-state index < -0.39 is 26.5 Å². The van der Waals surface area contributed by atoms with E-state index in [2.05, 4.69) is 92.1 Å². The molecule has 3 N–H and O–H groups in total. The molecule has 0 bridgehead atoms. The Morgan fingerprint density at radius 1 is 0.525 bits per heavy atom. The molecule has 0 aliphatic carbocycles. The number of aliphatic hydroxyl groups excluding tert-OH is 1. The van der Waals surface area contributed by atoms with Gasteiger partial charge in [0.25, 0.3) is 0 Å². The van der Waals surface area contributed by atoms with Crippen LogP contribution in [0.5, 0.6) is 0 Å². The normalized spacial score (nSPS) is 13.8. The third kappa shape index (κ3) is 48.3. The average Bonchev–Trinajstić information content (AvgIpc) is 3.25. The molecule has 0 saturated heterocycles. The Morgan fingerprint density at radius 2 is 0.934 bits per heavy atom. The number of hydrogen-bond acceptors (Lipinski definition) is 7. The summed E-state index contributed by atoms with van der Waals surface area (Å²) < 4.78 is 26.9. The molecule has 2 unspecified atom stereocenters. The lowest BCUT2D eigenvalue weighted by atomic mass is 10.1. The fourth-order valence-corrected chi connectivity index (χ4v) is 7.22. The van der Waals surface area contributed by atoms with E-state index in [1.54, 1.807) is 0 Å². The Kier molecular flexibility index (Phi) is 45.0. The summed E-state index contributed by atoms with van der Waals surface area (Å²) in [6.45, 7) is 3.42. The van der Waals surface area contributed by atoms with Gasteiger partial charge in [-0.1, -0.05) is 183 Å². The van der Waals surface area contributed by atoms with Crippen LogP contribution < -0.4 is 5.32 Å². The van der Waals surface area contributed by atoms with Crippen LogP contribution in [-0.4, -0.2) is 54.3 Å². The lowest BCUT2D eigenvalue weighted by Gasteiger charge is -2.15. The number of phosphoric ester groups is 1. The van der Waals surface area contributed by atoms with Crippen molar-refractivity contribution in [2.75, 3.05) is 26.4 Å². The molecule has 0 aromatic heterocycles. The first-order valence-corrected chi connectivity index (χ1v) is 25.9. The maximum absolute atomic E-state index is 12.1. The minimum Gasteiger partial charge on any atom is -0.463 e. The quantitative estimate of drug-likeness (QED) is 0.0239. The third-order valence-electron chi connectivity index (χ3n) is 10.1. The van der Waals surface area contributed by atoms with Gasteiger partial charge in [-0.05, 0) is 83.5 Å². The molecule has 0 spiro atoms. The number of hydrogen-bond donors (Lipinski definition) is 3. The van der Waals surface area contributed by atoms with E-state index in [-0.39, 0.29) is 32.1 Å². The van der Waals surface area contributed by atoms with E-state index in [1.165, 1.54) is 89.9 Å². The molecule has 0 aliphatic rings. The summed E-state index contributed by atoms with van der Waals surface area (Å²) in [5.41, 5.74) is 0. The van der Waals surface area contributed by atoms with Gasteiger partial charge in [0.1, 0.15) is 12.7 Å². The highest BCUT2D eigenvalue weighted by atomic mass is 31.2. The lowest BCUT2D eigenvalue weighted by Crippen LogP contribution is -2.27. The molecule has 0 aromatic rings. The largest absolute Gasteiger partial charge is 0.472 e. The van der Waals surface area contributed by atoms with Crippen LogP contribution in [0.4, 0.5) is 0 Å². The standard InChI is InChI=1S/C51H90NO8P/c1-3-5-7-9-11-13-15-17-19-21-23-24-26-28-30-32-34-36-38-40-42-44-51(55)58-47-49(53)48-60-61(56,57)59-46-45-52-50(54)43-41-39-37-35-33-31-29-27-25-22-20-18-16-14-12-10-8-6-4-2/h5,7,11,13,17-20,23-24,28,30,49,53H,3-4,6,8-10,12,14-16,21-22,25-27,29,31-48H2,1-2H3,(H,52,54)(H,56,57)/b7-5-,13-11-,19-17-,20-18+,24-23-,30-28-. The molecule has 2 atom stereocenters. The van der Waals surface area contributed by atoms with Crippen LogP contribution in [-0.2, 0) is 27.9 Å². The molecule has 352 valence electrons. The van der Waals surface area contributed by atoms with E-state index in [0.29, 0.717) is 12.8 Å². The lowest BCUT2D eigenvalue weighted by molar-refractivity contribution is -0.147. The highest BCUT2D eigenvalue weighted by molar-refractivity contribution is 7.47. The van der Waals surface area contributed by atoms with Gasteiger partial charge in [0, 0.05) is 19.4 Å². The van der Waals surface area contributed by atoms with Gasteiger partial charge in [-0.2, -0.15) is 0 Å². The van der Waals surface area contributed by atoms with Crippen LogP contribution in [0.3, 0.4) is 0 Å². The highest BCUT2D eigenvalue weighted by Crippen LogP contribution is 2.42. The van der Waals surface area contributed by atoms with E-state index in [9.17, 15) is 24.2 Å². The zero-order valence-electron chi connectivity index (χ0n) is 38.8. The van der Waals surface area contributed by atoms with Crippen LogP contribution in [0.1, 0.15) is 206 Å². The molecule has 0 saturated carbocycles. The van der Waals surface area contributed by atoms with Crippen molar-refractivity contribution in [3.8, 4) is 0 Å². The number of rotatable bonds is 45. The summed E-state index contributed by atoms with van der Waals surface area (Å²) in [6.07, 6.45) is 58.3. The smallest absolute Gasteiger partial charge is 0.463 e. The molecule has 61 heavy (non-hydrogen) atoms. The zero-order chi connectivity index (χ0) is 44.6. The molecular weight excluding hydrogens is 786 g/mol. The highest BCUT2D eigenvalue weighted by Gasteiger charge is 2.23. The van der Waals surface area contributed by atoms with Gasteiger partial charge in [-0.25, -0.2) is 4.57 Å². The summed E-state index contributed by atoms with van der Waals surface area (Å²) >= 11 is 0. The fraction of sp³-hybridized carbons (Fsp3) is 0.725.